The number of hydrogen-bond donors (Lipinski definition) is 2. The number of hydrogen-bond acceptors (Lipinski definition) is 5. The van der Waals surface area contributed by atoms with Gasteiger partial charge >= 0.3 is 0 Å². The number of ether oxygens (including phenoxy) is 1. The van der Waals surface area contributed by atoms with Crippen LogP contribution in [0, 0.1) is 11.8 Å². The molecule has 194 valence electrons. The molecule has 2 saturated heterocycles. The Morgan fingerprint density at radius 3 is 2.36 bits per heavy atom. The van der Waals surface area contributed by atoms with Crippen molar-refractivity contribution in [2.24, 2.45) is 11.8 Å². The minimum absolute atomic E-state index is 0.124. The third kappa shape index (κ3) is 7.37. The van der Waals surface area contributed by atoms with Gasteiger partial charge in [0.1, 0.15) is 11.4 Å². The number of alkyl halides is 1. The summed E-state index contributed by atoms with van der Waals surface area (Å²) in [6.45, 7) is 7.79. The molecule has 2 heterocycles. The minimum Gasteiger partial charge on any atom is -0.493 e. The van der Waals surface area contributed by atoms with Crippen LogP contribution in [0.25, 0.3) is 11.1 Å². The van der Waals surface area contributed by atoms with E-state index in [0.29, 0.717) is 24.6 Å². The van der Waals surface area contributed by atoms with E-state index in [4.69, 9.17) is 4.74 Å². The van der Waals surface area contributed by atoms with Gasteiger partial charge in [0.05, 0.1) is 6.61 Å². The number of likely N-dealkylation sites (tertiary alicyclic amines) is 1. The van der Waals surface area contributed by atoms with Crippen LogP contribution in [-0.4, -0.2) is 61.7 Å². The van der Waals surface area contributed by atoms with E-state index in [2.05, 4.69) is 15.5 Å². The number of halogens is 1. The molecule has 0 aromatic heterocycles. The molecule has 6 nitrogen and oxygen atoms in total. The number of nitrogens with one attached hydrogen (secondary N) is 2. The first kappa shape index (κ1) is 26.3. The molecule has 0 saturated carbocycles. The fourth-order valence-electron chi connectivity index (χ4n) is 5.09. The van der Waals surface area contributed by atoms with Crippen molar-refractivity contribution in [3.8, 4) is 16.9 Å². The van der Waals surface area contributed by atoms with Gasteiger partial charge in [-0.3, -0.25) is 14.9 Å². The number of rotatable bonds is 8. The van der Waals surface area contributed by atoms with Crippen LogP contribution in [0.15, 0.2) is 48.5 Å². The number of piperidine rings is 2. The number of amides is 2. The summed E-state index contributed by atoms with van der Waals surface area (Å²) in [5.74, 6) is 0.567. The fraction of sp³-hybridized carbons (Fsp3) is 0.517. The van der Waals surface area contributed by atoms with Crippen molar-refractivity contribution in [1.29, 1.82) is 0 Å². The summed E-state index contributed by atoms with van der Waals surface area (Å²) >= 11 is 0. The van der Waals surface area contributed by atoms with E-state index in [1.807, 2.05) is 42.5 Å². The van der Waals surface area contributed by atoms with Gasteiger partial charge in [0.15, 0.2) is 0 Å². The van der Waals surface area contributed by atoms with Gasteiger partial charge < -0.3 is 15.0 Å². The lowest BCUT2D eigenvalue weighted by molar-refractivity contribution is -0.124. The summed E-state index contributed by atoms with van der Waals surface area (Å²) in [7, 11) is 0. The number of imide groups is 1. The van der Waals surface area contributed by atoms with E-state index in [0.717, 1.165) is 68.7 Å². The summed E-state index contributed by atoms with van der Waals surface area (Å²) < 4.78 is 19.9. The topological polar surface area (TPSA) is 70.7 Å². The summed E-state index contributed by atoms with van der Waals surface area (Å²) in [4.78, 5) is 27.7. The van der Waals surface area contributed by atoms with Crippen molar-refractivity contribution in [2.45, 2.75) is 45.2 Å². The van der Waals surface area contributed by atoms with Gasteiger partial charge in [-0.05, 0) is 101 Å². The molecule has 2 aromatic rings. The van der Waals surface area contributed by atoms with Gasteiger partial charge in [-0.25, -0.2) is 4.39 Å². The van der Waals surface area contributed by atoms with Crippen molar-refractivity contribution in [2.75, 3.05) is 39.3 Å². The lowest BCUT2D eigenvalue weighted by atomic mass is 9.96. The number of benzene rings is 2. The third-order valence-corrected chi connectivity index (χ3v) is 7.08. The molecule has 2 aliphatic heterocycles. The molecule has 0 radical (unpaired) electrons. The van der Waals surface area contributed by atoms with Gasteiger partial charge in [-0.2, -0.15) is 0 Å². The number of carbonyl (C=O) groups excluding carboxylic acids is 2. The smallest absolute Gasteiger partial charge is 0.258 e. The Kier molecular flexibility index (Phi) is 8.75. The maximum atomic E-state index is 13.9. The Labute approximate surface area is 213 Å². The summed E-state index contributed by atoms with van der Waals surface area (Å²) in [6, 6.07) is 15.1. The molecule has 2 N–H and O–H groups in total. The SMILES string of the molecule is CC(C)(F)CN1CCC(COc2ccc(-c3ccccc3C(=O)NC(=O)C3CCNCC3)cc2)CC1. The third-order valence-electron chi connectivity index (χ3n) is 7.08. The molecule has 0 spiro atoms. The first-order valence-electron chi connectivity index (χ1n) is 13.1. The van der Waals surface area contributed by atoms with E-state index in [-0.39, 0.29) is 17.7 Å². The maximum absolute atomic E-state index is 13.9. The van der Waals surface area contributed by atoms with Crippen molar-refractivity contribution >= 4 is 11.8 Å². The molecule has 0 aliphatic carbocycles. The molecule has 0 unspecified atom stereocenters. The van der Waals surface area contributed by atoms with Crippen LogP contribution >= 0.6 is 0 Å². The van der Waals surface area contributed by atoms with Crippen molar-refractivity contribution in [1.82, 2.24) is 15.5 Å². The first-order chi connectivity index (χ1) is 17.3. The lowest BCUT2D eigenvalue weighted by Crippen LogP contribution is -2.41. The highest BCUT2D eigenvalue weighted by Gasteiger charge is 2.26. The Balaban J connectivity index is 1.32. The van der Waals surface area contributed by atoms with E-state index >= 15 is 0 Å². The Hall–Kier alpha value is -2.77. The lowest BCUT2D eigenvalue weighted by Gasteiger charge is -2.34. The van der Waals surface area contributed by atoms with E-state index in [1.165, 1.54) is 0 Å². The van der Waals surface area contributed by atoms with Crippen molar-refractivity contribution in [3.63, 3.8) is 0 Å². The highest BCUT2D eigenvalue weighted by atomic mass is 19.1. The van der Waals surface area contributed by atoms with Crippen LogP contribution in [0.3, 0.4) is 0 Å². The van der Waals surface area contributed by atoms with Crippen LogP contribution < -0.4 is 15.4 Å². The van der Waals surface area contributed by atoms with Gasteiger partial charge in [-0.1, -0.05) is 30.3 Å². The highest BCUT2D eigenvalue weighted by molar-refractivity contribution is 6.08. The van der Waals surface area contributed by atoms with Crippen LogP contribution in [0.2, 0.25) is 0 Å². The molecule has 4 rings (SSSR count). The largest absolute Gasteiger partial charge is 0.493 e. The molecule has 2 fully saturated rings. The number of nitrogens with zero attached hydrogens (tertiary/aromatic N) is 1. The molecule has 0 atom stereocenters. The zero-order valence-electron chi connectivity index (χ0n) is 21.4. The van der Waals surface area contributed by atoms with Gasteiger partial charge in [0.25, 0.3) is 5.91 Å². The maximum Gasteiger partial charge on any atom is 0.258 e. The Morgan fingerprint density at radius 2 is 1.69 bits per heavy atom. The molecule has 7 heteroatoms. The first-order valence-corrected chi connectivity index (χ1v) is 13.1. The predicted octanol–water partition coefficient (Wildman–Crippen LogP) is 4.45. The van der Waals surface area contributed by atoms with E-state index < -0.39 is 5.67 Å². The van der Waals surface area contributed by atoms with Crippen LogP contribution in [0.1, 0.15) is 49.9 Å². The molecule has 36 heavy (non-hydrogen) atoms. The minimum atomic E-state index is -1.16. The second-order valence-corrected chi connectivity index (χ2v) is 10.7. The van der Waals surface area contributed by atoms with Crippen LogP contribution in [0.4, 0.5) is 4.39 Å². The van der Waals surface area contributed by atoms with E-state index in [1.54, 1.807) is 19.9 Å². The molecular formula is C29H38FN3O3. The molecule has 2 amide bonds. The van der Waals surface area contributed by atoms with E-state index in [9.17, 15) is 14.0 Å². The van der Waals surface area contributed by atoms with Crippen LogP contribution in [-0.2, 0) is 4.79 Å². The second-order valence-electron chi connectivity index (χ2n) is 10.7. The zero-order valence-corrected chi connectivity index (χ0v) is 21.4. The quantitative estimate of drug-likeness (QED) is 0.530. The van der Waals surface area contributed by atoms with Crippen molar-refractivity contribution < 1.29 is 18.7 Å². The zero-order chi connectivity index (χ0) is 25.5. The monoisotopic (exact) mass is 495 g/mol. The van der Waals surface area contributed by atoms with Crippen molar-refractivity contribution in [3.05, 3.63) is 54.1 Å². The molecule has 2 aliphatic rings. The molecular weight excluding hydrogens is 457 g/mol. The normalized spacial score (nSPS) is 18.1. The second kappa shape index (κ2) is 12.0. The predicted molar refractivity (Wildman–Crippen MR) is 140 cm³/mol. The molecule has 0 bridgehead atoms. The fourth-order valence-corrected chi connectivity index (χ4v) is 5.09. The standard InChI is InChI=1S/C29H38FN3O3/c1-29(2,30)20-33-17-13-21(14-18-33)19-36-24-9-7-22(8-10-24)25-5-3-4-6-26(25)28(35)32-27(34)23-11-15-31-16-12-23/h3-10,21,23,31H,11-20H2,1-2H3,(H,32,34,35). The summed E-state index contributed by atoms with van der Waals surface area (Å²) in [6.07, 6.45) is 3.51. The Bertz CT molecular complexity index is 1020. The molecule has 2 aromatic carbocycles. The Morgan fingerprint density at radius 1 is 1.03 bits per heavy atom. The average molecular weight is 496 g/mol. The number of carbonyl (C=O) groups is 2. The summed E-state index contributed by atoms with van der Waals surface area (Å²) in [5, 5.41) is 5.84. The van der Waals surface area contributed by atoms with Gasteiger partial charge in [0, 0.05) is 18.0 Å². The average Bonchev–Trinajstić information content (AvgIpc) is 2.88. The summed E-state index contributed by atoms with van der Waals surface area (Å²) in [5.41, 5.74) is 0.997. The van der Waals surface area contributed by atoms with Crippen LogP contribution in [0.5, 0.6) is 5.75 Å². The highest BCUT2D eigenvalue weighted by Crippen LogP contribution is 2.27. The van der Waals surface area contributed by atoms with Gasteiger partial charge in [-0.15, -0.1) is 0 Å². The van der Waals surface area contributed by atoms with Gasteiger partial charge in [0.2, 0.25) is 5.91 Å².